The van der Waals surface area contributed by atoms with Gasteiger partial charge in [-0.1, -0.05) is 12.1 Å². The molecule has 1 fully saturated rings. The summed E-state index contributed by atoms with van der Waals surface area (Å²) >= 11 is 1.21. The summed E-state index contributed by atoms with van der Waals surface area (Å²) in [5, 5.41) is 13.6. The number of carbonyl (C=O) groups is 2. The van der Waals surface area contributed by atoms with Crippen molar-refractivity contribution in [3.8, 4) is 6.07 Å². The van der Waals surface area contributed by atoms with Crippen LogP contribution in [-0.4, -0.2) is 50.7 Å². The van der Waals surface area contributed by atoms with Gasteiger partial charge in [0.1, 0.15) is 16.0 Å². The van der Waals surface area contributed by atoms with Crippen LogP contribution in [0, 0.1) is 17.2 Å². The van der Waals surface area contributed by atoms with Crippen LogP contribution in [0.3, 0.4) is 0 Å². The third kappa shape index (κ3) is 4.30. The molecule has 1 aromatic heterocycles. The summed E-state index contributed by atoms with van der Waals surface area (Å²) in [6, 6.07) is 10.2. The standard InChI is InChI=1S/C20H18N4O5S2/c21-10-13-7-9-30-19(13)22-17(25)12-29-20(26)14-4-3-8-24(11-14)18-15-5-1-2-6-16(15)31(27,28)23-18/h1-2,5-7,9,14H,3-4,8,11-12H2,(H,22,25)/t14-/m0/s1. The molecule has 4 rings (SSSR count). The lowest BCUT2D eigenvalue weighted by atomic mass is 9.97. The van der Waals surface area contributed by atoms with Crippen molar-refractivity contribution in [2.45, 2.75) is 17.7 Å². The number of carbonyl (C=O) groups excluding carboxylic acids is 2. The van der Waals surface area contributed by atoms with Gasteiger partial charge in [-0.25, -0.2) is 0 Å². The topological polar surface area (TPSA) is 129 Å². The Labute approximate surface area is 183 Å². The number of hydrogen-bond donors (Lipinski definition) is 1. The Kier molecular flexibility index (Phi) is 5.75. The van der Waals surface area contributed by atoms with Crippen LogP contribution >= 0.6 is 11.3 Å². The number of rotatable bonds is 4. The van der Waals surface area contributed by atoms with E-state index >= 15 is 0 Å². The van der Waals surface area contributed by atoms with Gasteiger partial charge in [0, 0.05) is 18.7 Å². The van der Waals surface area contributed by atoms with Crippen LogP contribution in [0.25, 0.3) is 0 Å². The lowest BCUT2D eigenvalue weighted by molar-refractivity contribution is -0.152. The normalized spacial score (nSPS) is 19.1. The summed E-state index contributed by atoms with van der Waals surface area (Å²) in [7, 11) is -3.74. The summed E-state index contributed by atoms with van der Waals surface area (Å²) in [4.78, 5) is 26.5. The second-order valence-corrected chi connectivity index (χ2v) is 9.59. The first-order chi connectivity index (χ1) is 14.9. The van der Waals surface area contributed by atoms with Crippen LogP contribution in [0.1, 0.15) is 24.0 Å². The van der Waals surface area contributed by atoms with Gasteiger partial charge in [-0.3, -0.25) is 9.59 Å². The maximum absolute atomic E-state index is 12.5. The van der Waals surface area contributed by atoms with E-state index in [-0.39, 0.29) is 11.4 Å². The van der Waals surface area contributed by atoms with Gasteiger partial charge in [-0.05, 0) is 36.4 Å². The first-order valence-electron chi connectivity index (χ1n) is 9.52. The molecule has 0 unspecified atom stereocenters. The van der Waals surface area contributed by atoms with E-state index in [9.17, 15) is 18.0 Å². The van der Waals surface area contributed by atoms with Gasteiger partial charge < -0.3 is 15.0 Å². The van der Waals surface area contributed by atoms with Crippen LogP contribution in [0.5, 0.6) is 0 Å². The number of likely N-dealkylation sites (tertiary alicyclic amines) is 1. The number of nitriles is 1. The average molecular weight is 459 g/mol. The molecule has 1 amide bonds. The molecule has 2 aromatic rings. The molecule has 0 bridgehead atoms. The van der Waals surface area contributed by atoms with E-state index in [1.165, 1.54) is 17.4 Å². The molecule has 31 heavy (non-hydrogen) atoms. The van der Waals surface area contributed by atoms with Crippen molar-refractivity contribution in [2.75, 3.05) is 25.0 Å². The Bertz CT molecular complexity index is 1210. The average Bonchev–Trinajstić information content (AvgIpc) is 3.33. The highest BCUT2D eigenvalue weighted by Crippen LogP contribution is 2.30. The van der Waals surface area contributed by atoms with E-state index in [1.54, 1.807) is 34.5 Å². The van der Waals surface area contributed by atoms with E-state index < -0.39 is 34.4 Å². The molecule has 160 valence electrons. The van der Waals surface area contributed by atoms with Crippen molar-refractivity contribution in [1.29, 1.82) is 5.26 Å². The molecule has 1 aromatic carbocycles. The SMILES string of the molecule is N#Cc1ccsc1NC(=O)COC(=O)[C@H]1CCCN(C2=NS(=O)(=O)c3ccccc32)C1. The Balaban J connectivity index is 1.37. The first kappa shape index (κ1) is 21.0. The molecule has 0 spiro atoms. The minimum absolute atomic E-state index is 0.164. The van der Waals surface area contributed by atoms with Gasteiger partial charge in [-0.15, -0.1) is 15.7 Å². The van der Waals surface area contributed by atoms with E-state index in [2.05, 4.69) is 9.71 Å². The maximum Gasteiger partial charge on any atom is 0.311 e. The van der Waals surface area contributed by atoms with Gasteiger partial charge in [0.25, 0.3) is 15.9 Å². The lowest BCUT2D eigenvalue weighted by Gasteiger charge is -2.32. The molecule has 2 aliphatic rings. The molecule has 2 aliphatic heterocycles. The van der Waals surface area contributed by atoms with Gasteiger partial charge in [0.2, 0.25) is 0 Å². The van der Waals surface area contributed by atoms with Crippen LogP contribution in [-0.2, 0) is 24.3 Å². The van der Waals surface area contributed by atoms with E-state index in [0.717, 1.165) is 0 Å². The zero-order valence-electron chi connectivity index (χ0n) is 16.3. The highest BCUT2D eigenvalue weighted by molar-refractivity contribution is 7.90. The Morgan fingerprint density at radius 3 is 2.94 bits per heavy atom. The Morgan fingerprint density at radius 1 is 1.32 bits per heavy atom. The van der Waals surface area contributed by atoms with Crippen molar-refractivity contribution >= 4 is 44.1 Å². The monoisotopic (exact) mass is 458 g/mol. The largest absolute Gasteiger partial charge is 0.455 e. The number of nitrogens with zero attached hydrogens (tertiary/aromatic N) is 3. The summed E-state index contributed by atoms with van der Waals surface area (Å²) < 4.78 is 33.7. The third-order valence-corrected chi connectivity index (χ3v) is 7.21. The molecule has 11 heteroatoms. The van der Waals surface area contributed by atoms with Crippen LogP contribution in [0.2, 0.25) is 0 Å². The molecule has 1 N–H and O–H groups in total. The fraction of sp³-hybridized carbons (Fsp3) is 0.300. The van der Waals surface area contributed by atoms with Crippen molar-refractivity contribution in [3.05, 3.63) is 46.8 Å². The minimum atomic E-state index is -3.74. The fourth-order valence-electron chi connectivity index (χ4n) is 3.59. The molecule has 9 nitrogen and oxygen atoms in total. The van der Waals surface area contributed by atoms with Gasteiger partial charge >= 0.3 is 5.97 Å². The number of amides is 1. The number of fused-ring (bicyclic) bond motifs is 1. The van der Waals surface area contributed by atoms with E-state index in [1.807, 2.05) is 6.07 Å². The number of nitrogens with one attached hydrogen (secondary N) is 1. The van der Waals surface area contributed by atoms with Crippen LogP contribution in [0.4, 0.5) is 5.00 Å². The summed E-state index contributed by atoms with van der Waals surface area (Å²) in [5.74, 6) is -1.22. The number of piperidine rings is 1. The zero-order valence-corrected chi connectivity index (χ0v) is 17.9. The summed E-state index contributed by atoms with van der Waals surface area (Å²) in [5.41, 5.74) is 0.875. The van der Waals surface area contributed by atoms with E-state index in [0.29, 0.717) is 41.4 Å². The van der Waals surface area contributed by atoms with Crippen LogP contribution in [0.15, 0.2) is 45.0 Å². The molecule has 0 aliphatic carbocycles. The van der Waals surface area contributed by atoms with Gasteiger partial charge in [0.15, 0.2) is 12.4 Å². The zero-order chi connectivity index (χ0) is 22.0. The van der Waals surface area contributed by atoms with Crippen molar-refractivity contribution in [1.82, 2.24) is 4.90 Å². The molecule has 3 heterocycles. The molecular weight excluding hydrogens is 440 g/mol. The number of ether oxygens (including phenoxy) is 1. The highest BCUT2D eigenvalue weighted by atomic mass is 32.2. The first-order valence-corrected chi connectivity index (χ1v) is 11.8. The number of sulfonamides is 1. The summed E-state index contributed by atoms with van der Waals surface area (Å²) in [6.45, 7) is 0.366. The number of benzene rings is 1. The predicted molar refractivity (Wildman–Crippen MR) is 113 cm³/mol. The number of amidine groups is 1. The van der Waals surface area contributed by atoms with Crippen LogP contribution < -0.4 is 5.32 Å². The molecule has 0 saturated carbocycles. The Morgan fingerprint density at radius 2 is 2.13 bits per heavy atom. The predicted octanol–water partition coefficient (Wildman–Crippen LogP) is 1.96. The number of anilines is 1. The second kappa shape index (κ2) is 8.49. The molecule has 0 radical (unpaired) electrons. The number of thiophene rings is 1. The van der Waals surface area contributed by atoms with Crippen molar-refractivity contribution in [3.63, 3.8) is 0 Å². The minimum Gasteiger partial charge on any atom is -0.455 e. The molecule has 1 saturated heterocycles. The Hall–Kier alpha value is -3.23. The number of hydrogen-bond acceptors (Lipinski definition) is 8. The smallest absolute Gasteiger partial charge is 0.311 e. The number of esters is 1. The molecular formula is C20H18N4O5S2. The molecule has 1 atom stereocenters. The van der Waals surface area contributed by atoms with Crippen molar-refractivity contribution in [2.24, 2.45) is 10.3 Å². The quantitative estimate of drug-likeness (QED) is 0.694. The maximum atomic E-state index is 12.5. The summed E-state index contributed by atoms with van der Waals surface area (Å²) in [6.07, 6.45) is 1.23. The fourth-order valence-corrected chi connectivity index (χ4v) is 5.57. The lowest BCUT2D eigenvalue weighted by Crippen LogP contribution is -2.43. The highest BCUT2D eigenvalue weighted by Gasteiger charge is 2.35. The second-order valence-electron chi connectivity index (χ2n) is 7.10. The van der Waals surface area contributed by atoms with E-state index in [4.69, 9.17) is 10.00 Å². The van der Waals surface area contributed by atoms with Gasteiger partial charge in [-0.2, -0.15) is 13.7 Å². The van der Waals surface area contributed by atoms with Crippen molar-refractivity contribution < 1.29 is 22.7 Å². The third-order valence-electron chi connectivity index (χ3n) is 5.05. The van der Waals surface area contributed by atoms with Gasteiger partial charge in [0.05, 0.1) is 11.5 Å².